The topological polar surface area (TPSA) is 58.6 Å². The number of ether oxygens (including phenoxy) is 1. The normalized spacial score (nSPS) is 25.7. The minimum atomic E-state index is -4.72. The van der Waals surface area contributed by atoms with E-state index in [-0.39, 0.29) is 49.4 Å². The molecule has 4 nitrogen and oxygen atoms in total. The van der Waals surface area contributed by atoms with Gasteiger partial charge in [-0.15, -0.1) is 0 Å². The van der Waals surface area contributed by atoms with Crippen LogP contribution in [0.15, 0.2) is 30.3 Å². The maximum Gasteiger partial charge on any atom is 0.420 e. The summed E-state index contributed by atoms with van der Waals surface area (Å²) < 4.78 is 86.8. The summed E-state index contributed by atoms with van der Waals surface area (Å²) in [5.74, 6) is -3.06. The highest BCUT2D eigenvalue weighted by atomic mass is 19.4. The van der Waals surface area contributed by atoms with Crippen LogP contribution in [0.25, 0.3) is 10.8 Å². The van der Waals surface area contributed by atoms with Gasteiger partial charge in [-0.1, -0.05) is 18.2 Å². The molecule has 2 saturated carbocycles. The second-order valence-corrected chi connectivity index (χ2v) is 9.55. The number of alkyl halides is 6. The molecule has 0 saturated heterocycles. The van der Waals surface area contributed by atoms with Crippen LogP contribution >= 0.6 is 0 Å². The number of carbonyl (C=O) groups is 1. The average molecular weight is 503 g/mol. The summed E-state index contributed by atoms with van der Waals surface area (Å²) in [6, 6.07) is 7.50. The Balaban J connectivity index is 1.52. The van der Waals surface area contributed by atoms with E-state index in [1.807, 2.05) is 0 Å². The first kappa shape index (κ1) is 25.6. The summed E-state index contributed by atoms with van der Waals surface area (Å²) in [7, 11) is 0. The number of hydrogen-bond donors (Lipinski definition) is 2. The van der Waals surface area contributed by atoms with E-state index in [1.165, 1.54) is 18.2 Å². The van der Waals surface area contributed by atoms with Crippen LogP contribution in [0, 0.1) is 11.8 Å². The predicted molar refractivity (Wildman–Crippen MR) is 117 cm³/mol. The van der Waals surface area contributed by atoms with Crippen LogP contribution in [0.5, 0.6) is 5.75 Å². The van der Waals surface area contributed by atoms with E-state index in [1.54, 1.807) is 12.1 Å². The molecule has 0 spiro atoms. The zero-order valence-electron chi connectivity index (χ0n) is 18.9. The van der Waals surface area contributed by atoms with Gasteiger partial charge >= 0.3 is 18.3 Å². The van der Waals surface area contributed by atoms with Crippen molar-refractivity contribution < 1.29 is 41.0 Å². The average Bonchev–Trinajstić information content (AvgIpc) is 3.26. The highest BCUT2D eigenvalue weighted by molar-refractivity contribution is 5.89. The number of hydrogen-bond acceptors (Lipinski definition) is 3. The van der Waals surface area contributed by atoms with E-state index >= 15 is 0 Å². The monoisotopic (exact) mass is 503 g/mol. The minimum absolute atomic E-state index is 0.0182. The minimum Gasteiger partial charge on any atom is -0.490 e. The van der Waals surface area contributed by atoms with Gasteiger partial charge in [0.1, 0.15) is 11.3 Å². The number of carboxylic acids is 1. The maximum absolute atomic E-state index is 14.1. The van der Waals surface area contributed by atoms with Crippen LogP contribution in [-0.4, -0.2) is 29.4 Å². The molecule has 2 fully saturated rings. The zero-order chi connectivity index (χ0) is 25.4. The molecule has 0 aliphatic heterocycles. The molecular formula is C25H27F6NO3. The van der Waals surface area contributed by atoms with Crippen LogP contribution in [0.1, 0.15) is 56.1 Å². The van der Waals surface area contributed by atoms with Crippen LogP contribution in [0.2, 0.25) is 0 Å². The Bertz CT molecular complexity index is 1060. The fourth-order valence-electron chi connectivity index (χ4n) is 5.19. The van der Waals surface area contributed by atoms with Crippen molar-refractivity contribution in [3.63, 3.8) is 0 Å². The third-order valence-corrected chi connectivity index (χ3v) is 7.14. The van der Waals surface area contributed by atoms with Crippen molar-refractivity contribution in [1.29, 1.82) is 0 Å². The standard InChI is InChI=1S/C25H27F6NO3/c26-24(27,28)17-5-8-19(9-6-17)35-21-10-4-15-2-1-14(11-20(15)22(21)25(29,30)31)13-32-18-7-3-16(12-18)23(33)34/h1-2,4,10-11,16-19,32H,3,5-9,12-13H2,(H,33,34)/t16?,17-,18?,19+. The molecule has 2 unspecified atom stereocenters. The van der Waals surface area contributed by atoms with Gasteiger partial charge in [-0.3, -0.25) is 4.79 Å². The first-order valence-electron chi connectivity index (χ1n) is 11.7. The van der Waals surface area contributed by atoms with Crippen LogP contribution in [0.4, 0.5) is 26.3 Å². The van der Waals surface area contributed by atoms with Crippen LogP contribution < -0.4 is 10.1 Å². The molecule has 0 amide bonds. The van der Waals surface area contributed by atoms with E-state index in [2.05, 4.69) is 5.32 Å². The second-order valence-electron chi connectivity index (χ2n) is 9.55. The molecular weight excluding hydrogens is 476 g/mol. The van der Waals surface area contributed by atoms with Gasteiger partial charge in [0.15, 0.2) is 0 Å². The van der Waals surface area contributed by atoms with E-state index in [4.69, 9.17) is 9.84 Å². The lowest BCUT2D eigenvalue weighted by atomic mass is 9.87. The highest BCUT2D eigenvalue weighted by Gasteiger charge is 2.43. The fraction of sp³-hybridized carbons (Fsp3) is 0.560. The molecule has 2 aliphatic rings. The third kappa shape index (κ3) is 6.02. The van der Waals surface area contributed by atoms with Gasteiger partial charge in [0, 0.05) is 12.6 Å². The van der Waals surface area contributed by atoms with Gasteiger partial charge in [-0.25, -0.2) is 0 Å². The van der Waals surface area contributed by atoms with Crippen molar-refractivity contribution in [3.8, 4) is 5.75 Å². The zero-order valence-corrected chi connectivity index (χ0v) is 18.9. The number of nitrogens with one attached hydrogen (secondary N) is 1. The molecule has 4 rings (SSSR count). The molecule has 0 aromatic heterocycles. The van der Waals surface area contributed by atoms with Crippen molar-refractivity contribution in [2.75, 3.05) is 0 Å². The molecule has 10 heteroatoms. The lowest BCUT2D eigenvalue weighted by Crippen LogP contribution is -2.32. The van der Waals surface area contributed by atoms with Gasteiger partial charge < -0.3 is 15.2 Å². The summed E-state index contributed by atoms with van der Waals surface area (Å²) in [5.41, 5.74) is -0.314. The number of carboxylic acid groups (broad SMARTS) is 1. The number of benzene rings is 2. The molecule has 2 aromatic carbocycles. The van der Waals surface area contributed by atoms with Gasteiger partial charge in [0.25, 0.3) is 0 Å². The Morgan fingerprint density at radius 2 is 1.66 bits per heavy atom. The molecule has 0 radical (unpaired) electrons. The Morgan fingerprint density at radius 1 is 0.971 bits per heavy atom. The predicted octanol–water partition coefficient (Wildman–Crippen LogP) is 6.70. The Hall–Kier alpha value is -2.49. The molecule has 2 N–H and O–H groups in total. The number of fused-ring (bicyclic) bond motifs is 1. The molecule has 0 bridgehead atoms. The highest BCUT2D eigenvalue weighted by Crippen LogP contribution is 2.44. The lowest BCUT2D eigenvalue weighted by Gasteiger charge is -2.31. The molecule has 35 heavy (non-hydrogen) atoms. The lowest BCUT2D eigenvalue weighted by molar-refractivity contribution is -0.185. The number of rotatable bonds is 6. The van der Waals surface area contributed by atoms with Crippen LogP contribution in [-0.2, 0) is 17.5 Å². The van der Waals surface area contributed by atoms with E-state index in [9.17, 15) is 31.1 Å². The summed E-state index contributed by atoms with van der Waals surface area (Å²) in [6.07, 6.45) is -8.24. The largest absolute Gasteiger partial charge is 0.490 e. The van der Waals surface area contributed by atoms with Crippen molar-refractivity contribution in [2.45, 2.75) is 76.0 Å². The van der Waals surface area contributed by atoms with Gasteiger partial charge in [-0.05, 0) is 73.4 Å². The molecule has 2 aromatic rings. The van der Waals surface area contributed by atoms with E-state index in [0.717, 1.165) is 0 Å². The van der Waals surface area contributed by atoms with Crippen molar-refractivity contribution in [2.24, 2.45) is 11.8 Å². The SMILES string of the molecule is O=C(O)C1CCC(NCc2ccc3ccc(O[C@H]4CC[C@@H](C(F)(F)F)CC4)c(C(F)(F)F)c3c2)C1. The summed E-state index contributed by atoms with van der Waals surface area (Å²) in [6.45, 7) is 0.288. The molecule has 2 aliphatic carbocycles. The van der Waals surface area contributed by atoms with E-state index < -0.39 is 41.8 Å². The van der Waals surface area contributed by atoms with Gasteiger partial charge in [-0.2, -0.15) is 26.3 Å². The fourth-order valence-corrected chi connectivity index (χ4v) is 5.19. The summed E-state index contributed by atoms with van der Waals surface area (Å²) >= 11 is 0. The Morgan fingerprint density at radius 3 is 2.26 bits per heavy atom. The molecule has 0 heterocycles. The van der Waals surface area contributed by atoms with Gasteiger partial charge in [0.05, 0.1) is 17.9 Å². The second kappa shape index (κ2) is 9.87. The van der Waals surface area contributed by atoms with Crippen molar-refractivity contribution in [1.82, 2.24) is 5.32 Å². The quantitative estimate of drug-likeness (QED) is 0.431. The summed E-state index contributed by atoms with van der Waals surface area (Å²) in [4.78, 5) is 11.1. The van der Waals surface area contributed by atoms with Crippen molar-refractivity contribution in [3.05, 3.63) is 41.5 Å². The Labute approximate surface area is 198 Å². The third-order valence-electron chi connectivity index (χ3n) is 7.14. The Kier molecular flexibility index (Phi) is 7.22. The van der Waals surface area contributed by atoms with Gasteiger partial charge in [0.2, 0.25) is 0 Å². The van der Waals surface area contributed by atoms with Crippen molar-refractivity contribution >= 4 is 16.7 Å². The maximum atomic E-state index is 14.1. The number of aliphatic carboxylic acids is 1. The van der Waals surface area contributed by atoms with Crippen LogP contribution in [0.3, 0.4) is 0 Å². The molecule has 192 valence electrons. The summed E-state index contributed by atoms with van der Waals surface area (Å²) in [5, 5.41) is 12.7. The first-order chi connectivity index (χ1) is 16.4. The molecule has 2 atom stereocenters. The number of halogens is 6. The smallest absolute Gasteiger partial charge is 0.420 e. The van der Waals surface area contributed by atoms with E-state index in [0.29, 0.717) is 30.2 Å². The first-order valence-corrected chi connectivity index (χ1v) is 11.7.